The number of carbonyl (C=O) groups is 1. The van der Waals surface area contributed by atoms with Gasteiger partial charge in [0.2, 0.25) is 0 Å². The highest BCUT2D eigenvalue weighted by Crippen LogP contribution is 2.31. The van der Waals surface area contributed by atoms with Gasteiger partial charge < -0.3 is 5.32 Å². The topological polar surface area (TPSA) is 77.6 Å². The fourth-order valence-corrected chi connectivity index (χ4v) is 3.88. The zero-order chi connectivity index (χ0) is 24.6. The van der Waals surface area contributed by atoms with Crippen LogP contribution >= 0.6 is 0 Å². The van der Waals surface area contributed by atoms with Gasteiger partial charge in [-0.2, -0.15) is 23.4 Å². The summed E-state index contributed by atoms with van der Waals surface area (Å²) < 4.78 is 40.7. The van der Waals surface area contributed by atoms with Crippen molar-refractivity contribution in [3.63, 3.8) is 0 Å². The molecule has 5 rings (SSSR count). The average Bonchev–Trinajstić information content (AvgIpc) is 3.47. The summed E-state index contributed by atoms with van der Waals surface area (Å²) in [4.78, 5) is 17.3. The number of hydrogen-bond donors (Lipinski definition) is 1. The molecule has 176 valence electrons. The molecule has 3 heterocycles. The van der Waals surface area contributed by atoms with Gasteiger partial charge in [-0.25, -0.2) is 0 Å². The largest absolute Gasteiger partial charge is 0.408 e. The van der Waals surface area contributed by atoms with Crippen LogP contribution in [0.5, 0.6) is 0 Å². The summed E-state index contributed by atoms with van der Waals surface area (Å²) in [5.41, 5.74) is 4.57. The summed E-state index contributed by atoms with van der Waals surface area (Å²) in [6, 6.07) is 14.2. The molecule has 1 amide bonds. The van der Waals surface area contributed by atoms with Gasteiger partial charge >= 0.3 is 6.18 Å². The first-order valence-electron chi connectivity index (χ1n) is 10.6. The molecule has 10 heteroatoms. The third-order valence-electron chi connectivity index (χ3n) is 5.49. The molecule has 1 N–H and O–H groups in total. The first-order chi connectivity index (χ1) is 16.8. The quantitative estimate of drug-likeness (QED) is 0.373. The van der Waals surface area contributed by atoms with Gasteiger partial charge in [0.25, 0.3) is 5.91 Å². The average molecular weight is 476 g/mol. The predicted molar refractivity (Wildman–Crippen MR) is 126 cm³/mol. The maximum atomic E-state index is 12.9. The Morgan fingerprint density at radius 2 is 1.71 bits per heavy atom. The number of para-hydroxylation sites is 1. The number of benzene rings is 2. The molecule has 0 saturated carbocycles. The number of anilines is 1. The molecule has 0 aliphatic carbocycles. The number of nitrogens with one attached hydrogen (secondary N) is 1. The van der Waals surface area contributed by atoms with Gasteiger partial charge in [-0.05, 0) is 35.4 Å². The monoisotopic (exact) mass is 476 g/mol. The van der Waals surface area contributed by atoms with Crippen molar-refractivity contribution < 1.29 is 18.0 Å². The van der Waals surface area contributed by atoms with Crippen molar-refractivity contribution in [2.75, 3.05) is 5.32 Å². The zero-order valence-corrected chi connectivity index (χ0v) is 18.5. The summed E-state index contributed by atoms with van der Waals surface area (Å²) in [5, 5.41) is 11.6. The maximum absolute atomic E-state index is 12.9. The molecule has 0 aliphatic heterocycles. The summed E-state index contributed by atoms with van der Waals surface area (Å²) in [6.07, 6.45) is 3.56. The lowest BCUT2D eigenvalue weighted by atomic mass is 10.0. The van der Waals surface area contributed by atoms with E-state index in [4.69, 9.17) is 0 Å². The van der Waals surface area contributed by atoms with Crippen LogP contribution in [0.4, 0.5) is 18.9 Å². The van der Waals surface area contributed by atoms with E-state index < -0.39 is 12.7 Å². The molecule has 0 fully saturated rings. The molecule has 0 aliphatic rings. The lowest BCUT2D eigenvalue weighted by Crippen LogP contribution is -2.17. The number of carbonyl (C=O) groups excluding carboxylic acids is 1. The molecule has 3 aromatic heterocycles. The first kappa shape index (κ1) is 22.3. The van der Waals surface area contributed by atoms with Crippen molar-refractivity contribution in [2.24, 2.45) is 7.05 Å². The summed E-state index contributed by atoms with van der Waals surface area (Å²) in [7, 11) is 1.84. The molecule has 7 nitrogen and oxygen atoms in total. The molecule has 0 spiro atoms. The lowest BCUT2D eigenvalue weighted by Gasteiger charge is -2.11. The molecular weight excluding hydrogens is 457 g/mol. The fourth-order valence-electron chi connectivity index (χ4n) is 3.88. The van der Waals surface area contributed by atoms with E-state index in [9.17, 15) is 18.0 Å². The molecule has 5 aromatic rings. The molecule has 0 unspecified atom stereocenters. The van der Waals surface area contributed by atoms with Gasteiger partial charge in [-0.15, -0.1) is 0 Å². The number of nitrogens with zero attached hydrogens (tertiary/aromatic N) is 5. The maximum Gasteiger partial charge on any atom is 0.408 e. The minimum absolute atomic E-state index is 0.305. The second kappa shape index (κ2) is 8.71. The number of pyridine rings is 1. The highest BCUT2D eigenvalue weighted by atomic mass is 19.4. The second-order valence-electron chi connectivity index (χ2n) is 8.04. The Morgan fingerprint density at radius 3 is 2.43 bits per heavy atom. The van der Waals surface area contributed by atoms with Crippen LogP contribution in [0.25, 0.3) is 33.2 Å². The van der Waals surface area contributed by atoms with E-state index in [-0.39, 0.29) is 5.91 Å². The van der Waals surface area contributed by atoms with Crippen LogP contribution in [0.2, 0.25) is 0 Å². The fraction of sp³-hybridized carbons (Fsp3) is 0.120. The third kappa shape index (κ3) is 4.77. The third-order valence-corrected chi connectivity index (χ3v) is 5.49. The number of aromatic nitrogens is 5. The Bertz CT molecular complexity index is 1520. The van der Waals surface area contributed by atoms with E-state index >= 15 is 0 Å². The zero-order valence-electron chi connectivity index (χ0n) is 18.5. The van der Waals surface area contributed by atoms with E-state index in [0.717, 1.165) is 15.8 Å². The minimum atomic E-state index is -4.36. The van der Waals surface area contributed by atoms with E-state index in [1.165, 1.54) is 12.4 Å². The van der Waals surface area contributed by atoms with E-state index in [0.29, 0.717) is 33.3 Å². The Hall–Kier alpha value is -4.47. The highest BCUT2D eigenvalue weighted by Gasteiger charge is 2.28. The number of aryl methyl sites for hydroxylation is 1. The summed E-state index contributed by atoms with van der Waals surface area (Å²) >= 11 is 0. The van der Waals surface area contributed by atoms with Crippen LogP contribution in [0, 0.1) is 0 Å². The standard InChI is InChI=1S/C25H19F3N6O/c1-33-13-18(11-30-33)16-5-7-17(8-6-16)24(35)32-22-4-2-3-21-20(9-10-29-23(21)22)19-12-31-34(14-19)15-25(26,27)28/h2-14H,15H2,1H3,(H,32,35). The van der Waals surface area contributed by atoms with Crippen LogP contribution in [-0.4, -0.2) is 36.6 Å². The predicted octanol–water partition coefficient (Wildman–Crippen LogP) is 5.31. The van der Waals surface area contributed by atoms with Crippen molar-refractivity contribution in [1.82, 2.24) is 24.5 Å². The van der Waals surface area contributed by atoms with Crippen LogP contribution < -0.4 is 5.32 Å². The van der Waals surface area contributed by atoms with Crippen LogP contribution in [-0.2, 0) is 13.6 Å². The molecule has 0 bridgehead atoms. The second-order valence-corrected chi connectivity index (χ2v) is 8.04. The number of alkyl halides is 3. The summed E-state index contributed by atoms with van der Waals surface area (Å²) in [6.45, 7) is -1.17. The Morgan fingerprint density at radius 1 is 0.943 bits per heavy atom. The van der Waals surface area contributed by atoms with E-state index in [1.54, 1.807) is 53.5 Å². The molecule has 0 saturated heterocycles. The van der Waals surface area contributed by atoms with Crippen molar-refractivity contribution in [2.45, 2.75) is 12.7 Å². The van der Waals surface area contributed by atoms with Gasteiger partial charge in [0, 0.05) is 47.7 Å². The smallest absolute Gasteiger partial charge is 0.320 e. The summed E-state index contributed by atoms with van der Waals surface area (Å²) in [5.74, 6) is -0.305. The first-order valence-corrected chi connectivity index (χ1v) is 10.6. The van der Waals surface area contributed by atoms with Crippen LogP contribution in [0.3, 0.4) is 0 Å². The van der Waals surface area contributed by atoms with Crippen molar-refractivity contribution in [3.8, 4) is 22.3 Å². The minimum Gasteiger partial charge on any atom is -0.320 e. The highest BCUT2D eigenvalue weighted by molar-refractivity contribution is 6.10. The van der Waals surface area contributed by atoms with Gasteiger partial charge in [0.15, 0.2) is 0 Å². The normalized spacial score (nSPS) is 11.7. The number of amides is 1. The van der Waals surface area contributed by atoms with Crippen molar-refractivity contribution in [3.05, 3.63) is 85.1 Å². The molecule has 2 aromatic carbocycles. The van der Waals surface area contributed by atoms with Gasteiger partial charge in [-0.3, -0.25) is 19.1 Å². The Balaban J connectivity index is 1.41. The lowest BCUT2D eigenvalue weighted by molar-refractivity contribution is -0.142. The molecular formula is C25H19F3N6O. The number of halogens is 3. The number of fused-ring (bicyclic) bond motifs is 1. The number of hydrogen-bond acceptors (Lipinski definition) is 4. The van der Waals surface area contributed by atoms with E-state index in [1.807, 2.05) is 25.4 Å². The van der Waals surface area contributed by atoms with Crippen LogP contribution in [0.1, 0.15) is 10.4 Å². The van der Waals surface area contributed by atoms with Gasteiger partial charge in [0.05, 0.1) is 23.6 Å². The molecule has 0 atom stereocenters. The Labute approximate surface area is 197 Å². The van der Waals surface area contributed by atoms with Crippen molar-refractivity contribution >= 4 is 22.5 Å². The SMILES string of the molecule is Cn1cc(-c2ccc(C(=O)Nc3cccc4c(-c5cnn(CC(F)(F)F)c5)ccnc34)cc2)cn1. The molecule has 35 heavy (non-hydrogen) atoms. The van der Waals surface area contributed by atoms with Crippen molar-refractivity contribution in [1.29, 1.82) is 0 Å². The van der Waals surface area contributed by atoms with Crippen LogP contribution in [0.15, 0.2) is 79.5 Å². The molecule has 0 radical (unpaired) electrons. The van der Waals surface area contributed by atoms with Gasteiger partial charge in [0.1, 0.15) is 6.54 Å². The number of rotatable bonds is 5. The van der Waals surface area contributed by atoms with Gasteiger partial charge in [-0.1, -0.05) is 24.3 Å². The Kier molecular flexibility index (Phi) is 5.56. The van der Waals surface area contributed by atoms with E-state index in [2.05, 4.69) is 20.5 Å².